The molecule has 0 aliphatic rings. The third-order valence-corrected chi connectivity index (χ3v) is 3.47. The number of aromatic nitrogens is 2. The van der Waals surface area contributed by atoms with Gasteiger partial charge < -0.3 is 19.6 Å². The smallest absolute Gasteiger partial charge is 0.315 e. The molecule has 0 radical (unpaired) electrons. The zero-order valence-corrected chi connectivity index (χ0v) is 12.4. The topological polar surface area (TPSA) is 72.1 Å². The van der Waals surface area contributed by atoms with Crippen molar-refractivity contribution < 1.29 is 9.21 Å². The summed E-state index contributed by atoms with van der Waals surface area (Å²) in [6.07, 6.45) is 1.59. The van der Waals surface area contributed by atoms with Gasteiger partial charge in [0.2, 0.25) is 0 Å². The molecule has 0 saturated carbocycles. The van der Waals surface area contributed by atoms with E-state index in [4.69, 9.17) is 4.42 Å². The molecule has 114 valence electrons. The molecule has 22 heavy (non-hydrogen) atoms. The Morgan fingerprint density at radius 3 is 2.91 bits per heavy atom. The zero-order chi connectivity index (χ0) is 15.4. The van der Waals surface area contributed by atoms with Gasteiger partial charge in [0.1, 0.15) is 11.6 Å². The van der Waals surface area contributed by atoms with Crippen LogP contribution in [0.4, 0.5) is 4.79 Å². The van der Waals surface area contributed by atoms with Crippen molar-refractivity contribution >= 4 is 17.1 Å². The highest BCUT2D eigenvalue weighted by atomic mass is 16.3. The molecule has 2 amide bonds. The van der Waals surface area contributed by atoms with Gasteiger partial charge in [0, 0.05) is 13.1 Å². The molecule has 3 rings (SSSR count). The maximum atomic E-state index is 11.7. The number of urea groups is 1. The first-order valence-electron chi connectivity index (χ1n) is 7.20. The minimum atomic E-state index is -0.210. The standard InChI is InChI=1S/C16H18N4O2/c1-12-19-14-6-2-3-7-15(14)20(12)9-8-17-16(21)18-11-13-5-4-10-22-13/h2-7,10H,8-9,11H2,1H3,(H2,17,18,21). The normalized spacial score (nSPS) is 10.8. The summed E-state index contributed by atoms with van der Waals surface area (Å²) in [5, 5.41) is 5.58. The molecule has 0 fully saturated rings. The van der Waals surface area contributed by atoms with Gasteiger partial charge in [-0.2, -0.15) is 0 Å². The SMILES string of the molecule is Cc1nc2ccccc2n1CCNC(=O)NCc1ccco1. The van der Waals surface area contributed by atoms with E-state index < -0.39 is 0 Å². The highest BCUT2D eigenvalue weighted by Gasteiger charge is 2.07. The van der Waals surface area contributed by atoms with Gasteiger partial charge in [-0.05, 0) is 31.2 Å². The number of benzene rings is 1. The zero-order valence-electron chi connectivity index (χ0n) is 12.4. The average molecular weight is 298 g/mol. The Balaban J connectivity index is 1.51. The van der Waals surface area contributed by atoms with Crippen molar-refractivity contribution in [2.75, 3.05) is 6.54 Å². The lowest BCUT2D eigenvalue weighted by Crippen LogP contribution is -2.36. The molecule has 0 aliphatic heterocycles. The number of imidazole rings is 1. The Kier molecular flexibility index (Phi) is 4.09. The van der Waals surface area contributed by atoms with Crippen LogP contribution in [0.5, 0.6) is 0 Å². The number of hydrogen-bond donors (Lipinski definition) is 2. The number of furan rings is 1. The van der Waals surface area contributed by atoms with Crippen molar-refractivity contribution in [2.24, 2.45) is 0 Å². The van der Waals surface area contributed by atoms with Gasteiger partial charge in [0.25, 0.3) is 0 Å². The number of para-hydroxylation sites is 2. The minimum absolute atomic E-state index is 0.210. The van der Waals surface area contributed by atoms with E-state index in [1.54, 1.807) is 12.3 Å². The second-order valence-electron chi connectivity index (χ2n) is 4.99. The summed E-state index contributed by atoms with van der Waals surface area (Å²) in [7, 11) is 0. The minimum Gasteiger partial charge on any atom is -0.467 e. The van der Waals surface area contributed by atoms with Crippen LogP contribution in [0.15, 0.2) is 47.1 Å². The van der Waals surface area contributed by atoms with Gasteiger partial charge in [-0.15, -0.1) is 0 Å². The van der Waals surface area contributed by atoms with Gasteiger partial charge in [0.15, 0.2) is 0 Å². The summed E-state index contributed by atoms with van der Waals surface area (Å²) in [4.78, 5) is 16.2. The summed E-state index contributed by atoms with van der Waals surface area (Å²) < 4.78 is 7.26. The van der Waals surface area contributed by atoms with E-state index in [1.807, 2.05) is 37.3 Å². The first-order chi connectivity index (χ1) is 10.7. The Morgan fingerprint density at radius 2 is 2.09 bits per heavy atom. The van der Waals surface area contributed by atoms with Crippen molar-refractivity contribution in [2.45, 2.75) is 20.0 Å². The molecule has 1 aromatic carbocycles. The molecule has 0 aliphatic carbocycles. The third kappa shape index (κ3) is 3.11. The molecular weight excluding hydrogens is 280 g/mol. The maximum absolute atomic E-state index is 11.7. The number of nitrogens with zero attached hydrogens (tertiary/aromatic N) is 2. The number of hydrogen-bond acceptors (Lipinski definition) is 3. The summed E-state index contributed by atoms with van der Waals surface area (Å²) in [5.74, 6) is 1.67. The quantitative estimate of drug-likeness (QED) is 0.760. The lowest BCUT2D eigenvalue weighted by Gasteiger charge is -2.09. The maximum Gasteiger partial charge on any atom is 0.315 e. The van der Waals surface area contributed by atoms with E-state index in [1.165, 1.54) is 0 Å². The molecule has 6 nitrogen and oxygen atoms in total. The van der Waals surface area contributed by atoms with Crippen LogP contribution < -0.4 is 10.6 Å². The van der Waals surface area contributed by atoms with Crippen molar-refractivity contribution in [1.29, 1.82) is 0 Å². The van der Waals surface area contributed by atoms with E-state index >= 15 is 0 Å². The molecular formula is C16H18N4O2. The van der Waals surface area contributed by atoms with Crippen LogP contribution in [0.3, 0.4) is 0 Å². The van der Waals surface area contributed by atoms with Crippen LogP contribution in [0.2, 0.25) is 0 Å². The molecule has 0 atom stereocenters. The number of amides is 2. The fourth-order valence-electron chi connectivity index (χ4n) is 2.40. The lowest BCUT2D eigenvalue weighted by atomic mass is 10.3. The molecule has 0 saturated heterocycles. The van der Waals surface area contributed by atoms with E-state index in [9.17, 15) is 4.79 Å². The number of fused-ring (bicyclic) bond motifs is 1. The molecule has 0 spiro atoms. The average Bonchev–Trinajstić information content (AvgIpc) is 3.13. The van der Waals surface area contributed by atoms with Gasteiger partial charge in [-0.3, -0.25) is 0 Å². The molecule has 6 heteroatoms. The van der Waals surface area contributed by atoms with Crippen molar-refractivity contribution in [1.82, 2.24) is 20.2 Å². The first-order valence-corrected chi connectivity index (χ1v) is 7.20. The van der Waals surface area contributed by atoms with Crippen molar-refractivity contribution in [3.63, 3.8) is 0 Å². The first kappa shape index (κ1) is 14.2. The molecule has 2 aromatic heterocycles. The molecule has 2 N–H and O–H groups in total. The Bertz CT molecular complexity index is 762. The van der Waals surface area contributed by atoms with E-state index in [-0.39, 0.29) is 6.03 Å². The predicted octanol–water partition coefficient (Wildman–Crippen LogP) is 2.44. The number of aryl methyl sites for hydroxylation is 1. The summed E-state index contributed by atoms with van der Waals surface area (Å²) >= 11 is 0. The second kappa shape index (κ2) is 6.34. The Morgan fingerprint density at radius 1 is 1.23 bits per heavy atom. The molecule has 3 aromatic rings. The summed E-state index contributed by atoms with van der Waals surface area (Å²) in [5.41, 5.74) is 2.06. The monoisotopic (exact) mass is 298 g/mol. The number of rotatable bonds is 5. The molecule has 2 heterocycles. The van der Waals surface area contributed by atoms with E-state index in [0.29, 0.717) is 19.6 Å². The van der Waals surface area contributed by atoms with Gasteiger partial charge in [0.05, 0.1) is 23.8 Å². The van der Waals surface area contributed by atoms with Crippen LogP contribution in [-0.4, -0.2) is 22.1 Å². The Hall–Kier alpha value is -2.76. The van der Waals surface area contributed by atoms with Crippen LogP contribution in [0, 0.1) is 6.92 Å². The lowest BCUT2D eigenvalue weighted by molar-refractivity contribution is 0.239. The number of carbonyl (C=O) groups excluding carboxylic acids is 1. The van der Waals surface area contributed by atoms with Gasteiger partial charge in [-0.1, -0.05) is 12.1 Å². The van der Waals surface area contributed by atoms with Gasteiger partial charge in [-0.25, -0.2) is 9.78 Å². The fourth-order valence-corrected chi connectivity index (χ4v) is 2.40. The number of carbonyl (C=O) groups is 1. The third-order valence-electron chi connectivity index (χ3n) is 3.47. The highest BCUT2D eigenvalue weighted by Crippen LogP contribution is 2.14. The summed E-state index contributed by atoms with van der Waals surface area (Å²) in [6, 6.07) is 11.4. The Labute approximate surface area is 128 Å². The largest absolute Gasteiger partial charge is 0.467 e. The molecule has 0 bridgehead atoms. The fraction of sp³-hybridized carbons (Fsp3) is 0.250. The summed E-state index contributed by atoms with van der Waals surface area (Å²) in [6.45, 7) is 3.56. The van der Waals surface area contributed by atoms with Gasteiger partial charge >= 0.3 is 6.03 Å². The molecule has 0 unspecified atom stereocenters. The number of nitrogens with one attached hydrogen (secondary N) is 2. The van der Waals surface area contributed by atoms with Crippen LogP contribution in [-0.2, 0) is 13.1 Å². The van der Waals surface area contributed by atoms with E-state index in [2.05, 4.69) is 20.2 Å². The van der Waals surface area contributed by atoms with E-state index in [0.717, 1.165) is 22.6 Å². The van der Waals surface area contributed by atoms with Crippen LogP contribution >= 0.6 is 0 Å². The highest BCUT2D eigenvalue weighted by molar-refractivity contribution is 5.76. The van der Waals surface area contributed by atoms with Crippen LogP contribution in [0.1, 0.15) is 11.6 Å². The predicted molar refractivity (Wildman–Crippen MR) is 83.4 cm³/mol. The van der Waals surface area contributed by atoms with Crippen molar-refractivity contribution in [3.8, 4) is 0 Å². The van der Waals surface area contributed by atoms with Crippen molar-refractivity contribution in [3.05, 3.63) is 54.2 Å². The van der Waals surface area contributed by atoms with Crippen LogP contribution in [0.25, 0.3) is 11.0 Å². The second-order valence-corrected chi connectivity index (χ2v) is 4.99.